The minimum Gasteiger partial charge on any atom is -0.497 e. The van der Waals surface area contributed by atoms with Crippen LogP contribution in [0.4, 0.5) is 11.5 Å². The van der Waals surface area contributed by atoms with Gasteiger partial charge in [0.1, 0.15) is 11.6 Å². The van der Waals surface area contributed by atoms with Crippen LogP contribution >= 0.6 is 0 Å². The molecule has 0 aliphatic carbocycles. The number of carbonyl (C=O) groups is 1. The molecule has 0 radical (unpaired) electrons. The van der Waals surface area contributed by atoms with Crippen molar-refractivity contribution in [1.82, 2.24) is 9.13 Å². The molecule has 0 bridgehead atoms. The van der Waals surface area contributed by atoms with Crippen molar-refractivity contribution in [2.45, 2.75) is 6.04 Å². The fraction of sp³-hybridized carbons (Fsp3) is 0.227. The summed E-state index contributed by atoms with van der Waals surface area (Å²) in [6, 6.07) is 13.1. The SMILES string of the molecule is COC(=O)c1ccc([C@H](Nc2ccc(OC)cc2)c2c(N)n(C)c(=O)n(C)c2=O)cc1. The summed E-state index contributed by atoms with van der Waals surface area (Å²) < 4.78 is 12.2. The van der Waals surface area contributed by atoms with Crippen LogP contribution in [0.5, 0.6) is 5.75 Å². The van der Waals surface area contributed by atoms with E-state index in [4.69, 9.17) is 15.2 Å². The van der Waals surface area contributed by atoms with E-state index in [1.54, 1.807) is 55.6 Å². The van der Waals surface area contributed by atoms with E-state index in [9.17, 15) is 14.4 Å². The lowest BCUT2D eigenvalue weighted by molar-refractivity contribution is 0.0600. The molecule has 2 aromatic carbocycles. The molecule has 0 aliphatic rings. The van der Waals surface area contributed by atoms with Crippen molar-refractivity contribution in [2.75, 3.05) is 25.3 Å². The minimum atomic E-state index is -0.689. The number of methoxy groups -OCH3 is 2. The minimum absolute atomic E-state index is 0.0520. The Balaban J connectivity index is 2.16. The molecule has 0 saturated carbocycles. The molecule has 0 unspecified atom stereocenters. The molecule has 1 atom stereocenters. The maximum atomic E-state index is 13.0. The lowest BCUT2D eigenvalue weighted by Gasteiger charge is -2.23. The summed E-state index contributed by atoms with van der Waals surface area (Å²) in [5.41, 5.74) is 7.14. The normalized spacial score (nSPS) is 11.6. The Morgan fingerprint density at radius 1 is 0.968 bits per heavy atom. The Hall–Kier alpha value is -4.01. The summed E-state index contributed by atoms with van der Waals surface area (Å²) in [6.07, 6.45) is 0. The van der Waals surface area contributed by atoms with Crippen molar-refractivity contribution in [3.8, 4) is 5.75 Å². The van der Waals surface area contributed by atoms with Gasteiger partial charge in [-0.2, -0.15) is 0 Å². The highest BCUT2D eigenvalue weighted by Crippen LogP contribution is 2.29. The molecule has 0 fully saturated rings. The van der Waals surface area contributed by atoms with Gasteiger partial charge >= 0.3 is 11.7 Å². The van der Waals surface area contributed by atoms with Gasteiger partial charge in [-0.15, -0.1) is 0 Å². The van der Waals surface area contributed by atoms with Gasteiger partial charge in [0, 0.05) is 19.8 Å². The van der Waals surface area contributed by atoms with Crippen LogP contribution in [0.3, 0.4) is 0 Å². The second kappa shape index (κ2) is 8.78. The standard InChI is InChI=1S/C22H24N4O5/c1-25-19(23)17(20(27)26(2)22(25)29)18(24-15-9-11-16(30-3)12-10-15)13-5-7-14(8-6-13)21(28)31-4/h5-12,18,24H,23H2,1-4H3/t18-/m0/s1. The number of ether oxygens (including phenoxy) is 2. The monoisotopic (exact) mass is 424 g/mol. The first kappa shape index (κ1) is 21.7. The number of hydrogen-bond donors (Lipinski definition) is 2. The van der Waals surface area contributed by atoms with E-state index >= 15 is 0 Å². The van der Waals surface area contributed by atoms with Crippen molar-refractivity contribution in [1.29, 1.82) is 0 Å². The third kappa shape index (κ3) is 4.16. The van der Waals surface area contributed by atoms with Crippen LogP contribution in [0.1, 0.15) is 27.5 Å². The summed E-state index contributed by atoms with van der Waals surface area (Å²) >= 11 is 0. The van der Waals surface area contributed by atoms with Crippen molar-refractivity contribution < 1.29 is 14.3 Å². The summed E-state index contributed by atoms with van der Waals surface area (Å²) in [6.45, 7) is 0. The maximum absolute atomic E-state index is 13.0. The molecule has 0 spiro atoms. The van der Waals surface area contributed by atoms with E-state index in [1.165, 1.54) is 25.8 Å². The predicted octanol–water partition coefficient (Wildman–Crippen LogP) is 1.66. The zero-order valence-electron chi connectivity index (χ0n) is 17.7. The molecular formula is C22H24N4O5. The number of hydrogen-bond acceptors (Lipinski definition) is 7. The third-order valence-corrected chi connectivity index (χ3v) is 5.10. The largest absolute Gasteiger partial charge is 0.497 e. The van der Waals surface area contributed by atoms with Gasteiger partial charge in [0.25, 0.3) is 5.56 Å². The van der Waals surface area contributed by atoms with Crippen molar-refractivity contribution in [3.05, 3.63) is 86.1 Å². The fourth-order valence-electron chi connectivity index (χ4n) is 3.26. The number of esters is 1. The molecule has 3 N–H and O–H groups in total. The lowest BCUT2D eigenvalue weighted by Crippen LogP contribution is -2.42. The Morgan fingerprint density at radius 2 is 1.58 bits per heavy atom. The van der Waals surface area contributed by atoms with Crippen LogP contribution in [0.2, 0.25) is 0 Å². The summed E-state index contributed by atoms with van der Waals surface area (Å²) in [5.74, 6) is 0.266. The Bertz CT molecular complexity index is 1210. The number of nitrogen functional groups attached to an aromatic ring is 1. The quantitative estimate of drug-likeness (QED) is 0.578. The van der Waals surface area contributed by atoms with Crippen LogP contribution in [0, 0.1) is 0 Å². The van der Waals surface area contributed by atoms with E-state index in [-0.39, 0.29) is 11.4 Å². The van der Waals surface area contributed by atoms with Gasteiger partial charge in [-0.1, -0.05) is 12.1 Å². The first-order valence-corrected chi connectivity index (χ1v) is 9.42. The first-order valence-electron chi connectivity index (χ1n) is 9.42. The Kier molecular flexibility index (Phi) is 6.15. The number of nitrogens with one attached hydrogen (secondary N) is 1. The van der Waals surface area contributed by atoms with E-state index in [0.717, 1.165) is 4.57 Å². The van der Waals surface area contributed by atoms with Crippen LogP contribution in [0.25, 0.3) is 0 Å². The Labute approximate surface area is 178 Å². The molecule has 3 aromatic rings. The van der Waals surface area contributed by atoms with Gasteiger partial charge in [0.15, 0.2) is 0 Å². The Morgan fingerprint density at radius 3 is 2.13 bits per heavy atom. The highest BCUT2D eigenvalue weighted by molar-refractivity contribution is 5.89. The molecule has 9 nitrogen and oxygen atoms in total. The fourth-order valence-corrected chi connectivity index (χ4v) is 3.26. The molecule has 1 aromatic heterocycles. The number of carbonyl (C=O) groups excluding carboxylic acids is 1. The van der Waals surface area contributed by atoms with Gasteiger partial charge in [-0.25, -0.2) is 9.59 Å². The number of benzene rings is 2. The van der Waals surface area contributed by atoms with Crippen molar-refractivity contribution in [2.24, 2.45) is 14.1 Å². The van der Waals surface area contributed by atoms with Crippen LogP contribution < -0.4 is 27.0 Å². The maximum Gasteiger partial charge on any atom is 0.337 e. The number of rotatable bonds is 6. The second-order valence-electron chi connectivity index (χ2n) is 6.92. The second-order valence-corrected chi connectivity index (χ2v) is 6.92. The zero-order valence-corrected chi connectivity index (χ0v) is 17.7. The summed E-state index contributed by atoms with van der Waals surface area (Å²) in [4.78, 5) is 37.1. The zero-order chi connectivity index (χ0) is 22.7. The van der Waals surface area contributed by atoms with Crippen LogP contribution in [-0.2, 0) is 18.8 Å². The van der Waals surface area contributed by atoms with Gasteiger partial charge in [0.2, 0.25) is 0 Å². The highest BCUT2D eigenvalue weighted by Gasteiger charge is 2.24. The first-order chi connectivity index (χ1) is 14.8. The van der Waals surface area contributed by atoms with Gasteiger partial charge < -0.3 is 20.5 Å². The number of nitrogens with zero attached hydrogens (tertiary/aromatic N) is 2. The summed E-state index contributed by atoms with van der Waals surface area (Å²) in [7, 11) is 5.78. The highest BCUT2D eigenvalue weighted by atomic mass is 16.5. The molecule has 0 amide bonds. The van der Waals surface area contributed by atoms with Gasteiger partial charge in [-0.05, 0) is 42.0 Å². The molecule has 0 saturated heterocycles. The summed E-state index contributed by atoms with van der Waals surface area (Å²) in [5, 5.41) is 3.30. The molecule has 3 rings (SSSR count). The number of nitrogens with two attached hydrogens (primary N) is 1. The molecule has 0 aliphatic heterocycles. The van der Waals surface area contributed by atoms with Crippen LogP contribution in [-0.4, -0.2) is 29.3 Å². The molecular weight excluding hydrogens is 400 g/mol. The molecule has 31 heavy (non-hydrogen) atoms. The molecule has 9 heteroatoms. The van der Waals surface area contributed by atoms with E-state index < -0.39 is 23.3 Å². The average molecular weight is 424 g/mol. The third-order valence-electron chi connectivity index (χ3n) is 5.10. The van der Waals surface area contributed by atoms with Gasteiger partial charge in [-0.3, -0.25) is 13.9 Å². The topological polar surface area (TPSA) is 118 Å². The van der Waals surface area contributed by atoms with Crippen LogP contribution in [0.15, 0.2) is 58.1 Å². The van der Waals surface area contributed by atoms with E-state index in [2.05, 4.69) is 5.32 Å². The van der Waals surface area contributed by atoms with Crippen molar-refractivity contribution >= 4 is 17.5 Å². The number of anilines is 2. The van der Waals surface area contributed by atoms with Crippen molar-refractivity contribution in [3.63, 3.8) is 0 Å². The molecule has 162 valence electrons. The average Bonchev–Trinajstić information content (AvgIpc) is 2.81. The molecule has 1 heterocycles. The number of aromatic nitrogens is 2. The smallest absolute Gasteiger partial charge is 0.337 e. The lowest BCUT2D eigenvalue weighted by atomic mass is 9.98. The predicted molar refractivity (Wildman–Crippen MR) is 118 cm³/mol. The van der Waals surface area contributed by atoms with E-state index in [1.807, 2.05) is 0 Å². The van der Waals surface area contributed by atoms with E-state index in [0.29, 0.717) is 22.6 Å². The van der Waals surface area contributed by atoms with Gasteiger partial charge in [0.05, 0.1) is 31.4 Å².